The molecule has 64 valence electrons. The van der Waals surface area contributed by atoms with Gasteiger partial charge in [-0.2, -0.15) is 0 Å². The summed E-state index contributed by atoms with van der Waals surface area (Å²) in [6.45, 7) is 5.04. The van der Waals surface area contributed by atoms with Gasteiger partial charge in [-0.3, -0.25) is 0 Å². The predicted octanol–water partition coefficient (Wildman–Crippen LogP) is 0.546. The molecule has 0 unspecified atom stereocenters. The Morgan fingerprint density at radius 3 is 2.83 bits per heavy atom. The highest BCUT2D eigenvalue weighted by Gasteiger charge is 2.21. The predicted molar refractivity (Wildman–Crippen MR) is 39.9 cm³/mol. The van der Waals surface area contributed by atoms with E-state index in [1.54, 1.807) is 0 Å². The Hall–Kier alpha value is -1.58. The van der Waals surface area contributed by atoms with Crippen LogP contribution in [0, 0.1) is 0 Å². The Kier molecular flexibility index (Phi) is 2.28. The number of rotatable bonds is 2. The molecule has 0 saturated carbocycles. The van der Waals surface area contributed by atoms with Gasteiger partial charge in [0.25, 0.3) is 0 Å². The van der Waals surface area contributed by atoms with Gasteiger partial charge in [0.15, 0.2) is 0 Å². The minimum Gasteiger partial charge on any atom is -0.455 e. The van der Waals surface area contributed by atoms with E-state index in [1.807, 2.05) is 0 Å². The van der Waals surface area contributed by atoms with Gasteiger partial charge in [-0.05, 0) is 6.92 Å². The van der Waals surface area contributed by atoms with E-state index in [0.29, 0.717) is 0 Å². The minimum absolute atomic E-state index is 0.0528. The lowest BCUT2D eigenvalue weighted by Crippen LogP contribution is -2.09. The quantitative estimate of drug-likeness (QED) is 0.446. The molecule has 0 spiro atoms. The molecule has 1 rings (SSSR count). The first-order valence-electron chi connectivity index (χ1n) is 3.36. The maximum atomic E-state index is 10.9. The van der Waals surface area contributed by atoms with Gasteiger partial charge >= 0.3 is 11.9 Å². The molecule has 0 bridgehead atoms. The zero-order chi connectivity index (χ0) is 9.14. The van der Waals surface area contributed by atoms with Crippen LogP contribution in [0.3, 0.4) is 0 Å². The van der Waals surface area contributed by atoms with Gasteiger partial charge in [0.2, 0.25) is 5.76 Å². The van der Waals surface area contributed by atoms with Crippen molar-refractivity contribution < 1.29 is 19.1 Å². The zero-order valence-corrected chi connectivity index (χ0v) is 6.62. The molecule has 0 fully saturated rings. The van der Waals surface area contributed by atoms with E-state index in [-0.39, 0.29) is 17.9 Å². The van der Waals surface area contributed by atoms with Crippen molar-refractivity contribution in [2.24, 2.45) is 0 Å². The Morgan fingerprint density at radius 2 is 2.42 bits per heavy atom. The van der Waals surface area contributed by atoms with Crippen molar-refractivity contribution in [3.8, 4) is 0 Å². The fraction of sp³-hybridized carbons (Fsp3) is 0.250. The van der Waals surface area contributed by atoms with Crippen LogP contribution in [0.4, 0.5) is 0 Å². The molecule has 1 aliphatic rings. The third kappa shape index (κ3) is 1.72. The standard InChI is InChI=1S/C8H8O4/c1-5(2)7(9)12-6-3-4-11-8(6)10/h3H,1,4H2,2H3. The molecular formula is C8H8O4. The average Bonchev–Trinajstić information content (AvgIpc) is 2.36. The smallest absolute Gasteiger partial charge is 0.374 e. The van der Waals surface area contributed by atoms with E-state index in [1.165, 1.54) is 13.0 Å². The highest BCUT2D eigenvalue weighted by molar-refractivity contribution is 5.95. The van der Waals surface area contributed by atoms with Crippen LogP contribution in [0.5, 0.6) is 0 Å². The Bertz CT molecular complexity index is 275. The van der Waals surface area contributed by atoms with Crippen molar-refractivity contribution in [2.75, 3.05) is 6.61 Å². The number of esters is 2. The zero-order valence-electron chi connectivity index (χ0n) is 6.62. The molecule has 0 amide bonds. The second-order valence-electron chi connectivity index (χ2n) is 2.34. The molecule has 4 nitrogen and oxygen atoms in total. The fourth-order valence-electron chi connectivity index (χ4n) is 0.618. The lowest BCUT2D eigenvalue weighted by atomic mass is 10.3. The highest BCUT2D eigenvalue weighted by Crippen LogP contribution is 2.09. The van der Waals surface area contributed by atoms with Crippen LogP contribution in [0.1, 0.15) is 6.92 Å². The molecule has 0 N–H and O–H groups in total. The maximum Gasteiger partial charge on any atom is 0.374 e. The lowest BCUT2D eigenvalue weighted by Gasteiger charge is -2.00. The van der Waals surface area contributed by atoms with Crippen LogP contribution in [0.15, 0.2) is 24.0 Å². The molecular weight excluding hydrogens is 160 g/mol. The van der Waals surface area contributed by atoms with Crippen LogP contribution >= 0.6 is 0 Å². The summed E-state index contributed by atoms with van der Waals surface area (Å²) < 4.78 is 9.14. The van der Waals surface area contributed by atoms with Gasteiger partial charge in [0, 0.05) is 11.6 Å². The topological polar surface area (TPSA) is 52.6 Å². The van der Waals surface area contributed by atoms with Crippen LogP contribution in [0.25, 0.3) is 0 Å². The van der Waals surface area contributed by atoms with Crippen molar-refractivity contribution in [1.82, 2.24) is 0 Å². The van der Waals surface area contributed by atoms with Gasteiger partial charge in [-0.1, -0.05) is 6.58 Å². The second kappa shape index (κ2) is 3.21. The molecule has 12 heavy (non-hydrogen) atoms. The van der Waals surface area contributed by atoms with Crippen LogP contribution in [-0.4, -0.2) is 18.5 Å². The van der Waals surface area contributed by atoms with Gasteiger partial charge in [-0.15, -0.1) is 0 Å². The SMILES string of the molecule is C=C(C)C(=O)OC1=CCOC1=O. The van der Waals surface area contributed by atoms with Crippen molar-refractivity contribution in [2.45, 2.75) is 6.92 Å². The summed E-state index contributed by atoms with van der Waals surface area (Å²) >= 11 is 0. The Labute approximate surface area is 69.5 Å². The van der Waals surface area contributed by atoms with E-state index < -0.39 is 11.9 Å². The number of carbonyl (C=O) groups is 2. The summed E-state index contributed by atoms with van der Waals surface area (Å²) in [4.78, 5) is 21.6. The first-order chi connectivity index (χ1) is 5.61. The molecule has 0 aromatic carbocycles. The van der Waals surface area contributed by atoms with Crippen LogP contribution in [0.2, 0.25) is 0 Å². The van der Waals surface area contributed by atoms with E-state index in [2.05, 4.69) is 16.1 Å². The molecule has 0 aromatic rings. The minimum atomic E-state index is -0.611. The number of hydrogen-bond donors (Lipinski definition) is 0. The normalized spacial score (nSPS) is 15.1. The first kappa shape index (κ1) is 8.52. The molecule has 0 radical (unpaired) electrons. The summed E-state index contributed by atoms with van der Waals surface area (Å²) in [5.41, 5.74) is 0.246. The van der Waals surface area contributed by atoms with Crippen molar-refractivity contribution >= 4 is 11.9 Å². The third-order valence-corrected chi connectivity index (χ3v) is 1.24. The molecule has 0 aliphatic carbocycles. The first-order valence-corrected chi connectivity index (χ1v) is 3.36. The molecule has 1 heterocycles. The van der Waals surface area contributed by atoms with Crippen LogP contribution < -0.4 is 0 Å². The molecule has 0 atom stereocenters. The van der Waals surface area contributed by atoms with Gasteiger partial charge in [0.05, 0.1) is 0 Å². The number of hydrogen-bond acceptors (Lipinski definition) is 4. The van der Waals surface area contributed by atoms with E-state index in [9.17, 15) is 9.59 Å². The van der Waals surface area contributed by atoms with Crippen molar-refractivity contribution in [3.63, 3.8) is 0 Å². The lowest BCUT2D eigenvalue weighted by molar-refractivity contribution is -0.146. The fourth-order valence-corrected chi connectivity index (χ4v) is 0.618. The average molecular weight is 168 g/mol. The molecule has 4 heteroatoms. The number of carbonyl (C=O) groups excluding carboxylic acids is 2. The number of cyclic esters (lactones) is 1. The largest absolute Gasteiger partial charge is 0.455 e. The highest BCUT2D eigenvalue weighted by atomic mass is 16.6. The molecule has 1 aliphatic heterocycles. The summed E-state index contributed by atoms with van der Waals surface area (Å²) in [5.74, 6) is -1.27. The summed E-state index contributed by atoms with van der Waals surface area (Å²) in [6.07, 6.45) is 1.41. The second-order valence-corrected chi connectivity index (χ2v) is 2.34. The molecule has 0 aromatic heterocycles. The van der Waals surface area contributed by atoms with Crippen molar-refractivity contribution in [3.05, 3.63) is 24.0 Å². The monoisotopic (exact) mass is 168 g/mol. The van der Waals surface area contributed by atoms with E-state index in [0.717, 1.165) is 0 Å². The van der Waals surface area contributed by atoms with E-state index in [4.69, 9.17) is 0 Å². The van der Waals surface area contributed by atoms with Crippen LogP contribution in [-0.2, 0) is 19.1 Å². The summed E-state index contributed by atoms with van der Waals surface area (Å²) in [6, 6.07) is 0. The van der Waals surface area contributed by atoms with Crippen molar-refractivity contribution in [1.29, 1.82) is 0 Å². The third-order valence-electron chi connectivity index (χ3n) is 1.24. The summed E-state index contributed by atoms with van der Waals surface area (Å²) in [5, 5.41) is 0. The Balaban J connectivity index is 2.57. The van der Waals surface area contributed by atoms with Gasteiger partial charge in [0.1, 0.15) is 6.61 Å². The Morgan fingerprint density at radius 1 is 1.75 bits per heavy atom. The maximum absolute atomic E-state index is 10.9. The molecule has 0 saturated heterocycles. The van der Waals surface area contributed by atoms with Gasteiger partial charge < -0.3 is 9.47 Å². The summed E-state index contributed by atoms with van der Waals surface area (Å²) in [7, 11) is 0. The van der Waals surface area contributed by atoms with E-state index >= 15 is 0 Å². The van der Waals surface area contributed by atoms with Gasteiger partial charge in [-0.25, -0.2) is 9.59 Å². The number of ether oxygens (including phenoxy) is 2.